The van der Waals surface area contributed by atoms with Crippen LogP contribution in [0.3, 0.4) is 0 Å². The number of nitrogen functional groups attached to an aromatic ring is 1. The Hall–Kier alpha value is -1.88. The second kappa shape index (κ2) is 5.48. The molecule has 2 N–H and O–H groups in total. The fraction of sp³-hybridized carbons (Fsp3) is 0.188. The van der Waals surface area contributed by atoms with Crippen LogP contribution in [0.2, 0.25) is 0 Å². The van der Waals surface area contributed by atoms with Gasteiger partial charge in [0, 0.05) is 22.3 Å². The van der Waals surface area contributed by atoms with Crippen LogP contribution in [0.4, 0.5) is 10.1 Å². The number of rotatable bonds is 3. The average Bonchev–Trinajstić information content (AvgIpc) is 2.81. The van der Waals surface area contributed by atoms with Crippen molar-refractivity contribution in [1.82, 2.24) is 9.55 Å². The van der Waals surface area contributed by atoms with Crippen LogP contribution in [0.5, 0.6) is 0 Å². The van der Waals surface area contributed by atoms with Gasteiger partial charge in [-0.2, -0.15) is 0 Å². The third-order valence-electron chi connectivity index (χ3n) is 3.42. The van der Waals surface area contributed by atoms with Crippen LogP contribution in [0.25, 0.3) is 22.4 Å². The number of halogens is 2. The van der Waals surface area contributed by atoms with Crippen molar-refractivity contribution in [2.45, 2.75) is 19.9 Å². The van der Waals surface area contributed by atoms with Crippen LogP contribution in [0.1, 0.15) is 13.3 Å². The van der Waals surface area contributed by atoms with Crippen LogP contribution in [0.15, 0.2) is 40.9 Å². The van der Waals surface area contributed by atoms with E-state index in [1.165, 1.54) is 12.1 Å². The molecule has 1 heterocycles. The zero-order chi connectivity index (χ0) is 15.0. The Morgan fingerprint density at radius 2 is 2.05 bits per heavy atom. The molecule has 2 aromatic carbocycles. The van der Waals surface area contributed by atoms with E-state index in [9.17, 15) is 4.39 Å². The van der Waals surface area contributed by atoms with Crippen LogP contribution in [-0.2, 0) is 6.54 Å². The molecule has 0 fully saturated rings. The predicted molar refractivity (Wildman–Crippen MR) is 87.5 cm³/mol. The molecule has 3 rings (SSSR count). The molecule has 0 saturated carbocycles. The Labute approximate surface area is 130 Å². The molecule has 3 nitrogen and oxygen atoms in total. The van der Waals surface area contributed by atoms with Gasteiger partial charge in [-0.25, -0.2) is 9.37 Å². The molecule has 0 saturated heterocycles. The number of benzene rings is 2. The summed E-state index contributed by atoms with van der Waals surface area (Å²) in [5.74, 6) is 0.586. The molecule has 0 amide bonds. The van der Waals surface area contributed by atoms with E-state index in [1.54, 1.807) is 6.07 Å². The third kappa shape index (κ3) is 2.53. The summed E-state index contributed by atoms with van der Waals surface area (Å²) in [4.78, 5) is 4.65. The standard InChI is InChI=1S/C16H15BrFN3/c1-2-7-21-15-9-11(18)4-6-14(15)20-16(21)10-3-5-13(19)12(17)8-10/h3-6,8-9H,2,7,19H2,1H3. The third-order valence-corrected chi connectivity index (χ3v) is 4.10. The van der Waals surface area contributed by atoms with Gasteiger partial charge in [0.05, 0.1) is 11.0 Å². The van der Waals surface area contributed by atoms with Crippen LogP contribution in [-0.4, -0.2) is 9.55 Å². The zero-order valence-corrected chi connectivity index (χ0v) is 13.2. The normalized spacial score (nSPS) is 11.2. The number of nitrogens with zero attached hydrogens (tertiary/aromatic N) is 2. The van der Waals surface area contributed by atoms with Gasteiger partial charge in [0.1, 0.15) is 11.6 Å². The molecule has 0 bridgehead atoms. The van der Waals surface area contributed by atoms with Gasteiger partial charge in [0.25, 0.3) is 0 Å². The smallest absolute Gasteiger partial charge is 0.141 e. The van der Waals surface area contributed by atoms with Crippen molar-refractivity contribution >= 4 is 32.7 Å². The Morgan fingerprint density at radius 3 is 2.76 bits per heavy atom. The quantitative estimate of drug-likeness (QED) is 0.703. The molecule has 0 spiro atoms. The van der Waals surface area contributed by atoms with E-state index < -0.39 is 0 Å². The SMILES string of the molecule is CCCn1c(-c2ccc(N)c(Br)c2)nc2ccc(F)cc21. The van der Waals surface area contributed by atoms with Crippen molar-refractivity contribution in [2.75, 3.05) is 5.73 Å². The summed E-state index contributed by atoms with van der Waals surface area (Å²) in [6.07, 6.45) is 0.950. The summed E-state index contributed by atoms with van der Waals surface area (Å²) in [7, 11) is 0. The van der Waals surface area contributed by atoms with Crippen LogP contribution >= 0.6 is 15.9 Å². The lowest BCUT2D eigenvalue weighted by molar-refractivity contribution is 0.627. The number of imidazole rings is 1. The number of aromatic nitrogens is 2. The topological polar surface area (TPSA) is 43.8 Å². The molecule has 3 aromatic rings. The average molecular weight is 348 g/mol. The largest absolute Gasteiger partial charge is 0.398 e. The first-order chi connectivity index (χ1) is 10.1. The Bertz CT molecular complexity index is 811. The van der Waals surface area contributed by atoms with Crippen molar-refractivity contribution in [3.63, 3.8) is 0 Å². The van der Waals surface area contributed by atoms with Gasteiger partial charge in [-0.15, -0.1) is 0 Å². The van der Waals surface area contributed by atoms with Gasteiger partial charge >= 0.3 is 0 Å². The highest BCUT2D eigenvalue weighted by atomic mass is 79.9. The highest BCUT2D eigenvalue weighted by Crippen LogP contribution is 2.30. The van der Waals surface area contributed by atoms with E-state index >= 15 is 0 Å². The van der Waals surface area contributed by atoms with Gasteiger partial charge in [-0.1, -0.05) is 6.92 Å². The van der Waals surface area contributed by atoms with Gasteiger partial charge in [0.2, 0.25) is 0 Å². The predicted octanol–water partition coefficient (Wildman–Crippen LogP) is 4.60. The lowest BCUT2D eigenvalue weighted by Crippen LogP contribution is -2.00. The van der Waals surface area contributed by atoms with Crippen molar-refractivity contribution in [3.05, 3.63) is 46.7 Å². The minimum atomic E-state index is -0.246. The Morgan fingerprint density at radius 1 is 1.24 bits per heavy atom. The molecule has 0 unspecified atom stereocenters. The molecule has 0 aliphatic rings. The van der Waals surface area contributed by atoms with Gasteiger partial charge in [0.15, 0.2) is 0 Å². The van der Waals surface area contributed by atoms with E-state index in [0.29, 0.717) is 5.69 Å². The van der Waals surface area contributed by atoms with Gasteiger partial charge < -0.3 is 10.3 Å². The fourth-order valence-electron chi connectivity index (χ4n) is 2.43. The molecule has 5 heteroatoms. The second-order valence-corrected chi connectivity index (χ2v) is 5.81. The van der Waals surface area contributed by atoms with E-state index in [0.717, 1.165) is 39.9 Å². The summed E-state index contributed by atoms with van der Waals surface area (Å²) in [5.41, 5.74) is 9.10. The number of hydrogen-bond acceptors (Lipinski definition) is 2. The van der Waals surface area contributed by atoms with Crippen molar-refractivity contribution in [1.29, 1.82) is 0 Å². The Kier molecular flexibility index (Phi) is 3.68. The second-order valence-electron chi connectivity index (χ2n) is 4.96. The molecule has 0 aliphatic heterocycles. The molecule has 1 aromatic heterocycles. The molecule has 0 atom stereocenters. The summed E-state index contributed by atoms with van der Waals surface area (Å²) >= 11 is 3.44. The van der Waals surface area contributed by atoms with Crippen molar-refractivity contribution in [3.8, 4) is 11.4 Å². The molecule has 21 heavy (non-hydrogen) atoms. The number of aryl methyl sites for hydroxylation is 1. The number of nitrogens with two attached hydrogens (primary N) is 1. The summed E-state index contributed by atoms with van der Waals surface area (Å²) in [6.45, 7) is 2.88. The van der Waals surface area contributed by atoms with Crippen molar-refractivity contribution in [2.24, 2.45) is 0 Å². The molecule has 0 radical (unpaired) electrons. The lowest BCUT2D eigenvalue weighted by atomic mass is 10.2. The summed E-state index contributed by atoms with van der Waals surface area (Å²) in [5, 5.41) is 0. The summed E-state index contributed by atoms with van der Waals surface area (Å²) in [6, 6.07) is 10.4. The van der Waals surface area contributed by atoms with Crippen LogP contribution in [0, 0.1) is 5.82 Å². The van der Waals surface area contributed by atoms with E-state index in [2.05, 4.69) is 32.4 Å². The first kappa shape index (κ1) is 14.1. The van der Waals surface area contributed by atoms with E-state index in [-0.39, 0.29) is 5.82 Å². The maximum atomic E-state index is 13.5. The van der Waals surface area contributed by atoms with Gasteiger partial charge in [-0.05, 0) is 58.7 Å². The highest BCUT2D eigenvalue weighted by Gasteiger charge is 2.13. The minimum absolute atomic E-state index is 0.246. The highest BCUT2D eigenvalue weighted by molar-refractivity contribution is 9.10. The molecular formula is C16H15BrFN3. The van der Waals surface area contributed by atoms with E-state index in [4.69, 9.17) is 5.73 Å². The monoisotopic (exact) mass is 347 g/mol. The van der Waals surface area contributed by atoms with Crippen molar-refractivity contribution < 1.29 is 4.39 Å². The maximum Gasteiger partial charge on any atom is 0.141 e. The minimum Gasteiger partial charge on any atom is -0.398 e. The Balaban J connectivity index is 2.25. The number of hydrogen-bond donors (Lipinski definition) is 1. The zero-order valence-electron chi connectivity index (χ0n) is 11.6. The first-order valence-corrected chi connectivity index (χ1v) is 7.60. The lowest BCUT2D eigenvalue weighted by Gasteiger charge is -2.09. The number of fused-ring (bicyclic) bond motifs is 1. The molecule has 108 valence electrons. The number of anilines is 1. The van der Waals surface area contributed by atoms with E-state index in [1.807, 2.05) is 18.2 Å². The maximum absolute atomic E-state index is 13.5. The summed E-state index contributed by atoms with van der Waals surface area (Å²) < 4.78 is 16.4. The molecular weight excluding hydrogens is 333 g/mol. The van der Waals surface area contributed by atoms with Crippen LogP contribution < -0.4 is 5.73 Å². The fourth-order valence-corrected chi connectivity index (χ4v) is 2.81. The first-order valence-electron chi connectivity index (χ1n) is 6.81. The van der Waals surface area contributed by atoms with Gasteiger partial charge in [-0.3, -0.25) is 0 Å². The molecule has 0 aliphatic carbocycles.